The van der Waals surface area contributed by atoms with Crippen LogP contribution in [0.3, 0.4) is 0 Å². The third kappa shape index (κ3) is 4.33. The van der Waals surface area contributed by atoms with Crippen molar-refractivity contribution in [1.82, 2.24) is 9.29 Å². The molecule has 32 heavy (non-hydrogen) atoms. The van der Waals surface area contributed by atoms with Gasteiger partial charge in [0.15, 0.2) is 0 Å². The van der Waals surface area contributed by atoms with Gasteiger partial charge in [-0.1, -0.05) is 18.9 Å². The fourth-order valence-corrected chi connectivity index (χ4v) is 5.76. The lowest BCUT2D eigenvalue weighted by molar-refractivity contribution is 0.102. The molecule has 7 nitrogen and oxygen atoms in total. The van der Waals surface area contributed by atoms with Crippen molar-refractivity contribution >= 4 is 32.5 Å². The van der Waals surface area contributed by atoms with Crippen molar-refractivity contribution in [3.63, 3.8) is 0 Å². The number of nitrogens with zero attached hydrogens (tertiary/aromatic N) is 2. The molecular formula is C24H27N3O4S. The van der Waals surface area contributed by atoms with Crippen LogP contribution >= 0.6 is 0 Å². The predicted molar refractivity (Wildman–Crippen MR) is 125 cm³/mol. The van der Waals surface area contributed by atoms with Gasteiger partial charge in [0.25, 0.3) is 5.91 Å². The maximum absolute atomic E-state index is 13.4. The molecule has 2 heterocycles. The Kier molecular flexibility index (Phi) is 6.43. The monoisotopic (exact) mass is 453 g/mol. The first-order valence-electron chi connectivity index (χ1n) is 10.8. The van der Waals surface area contributed by atoms with E-state index in [0.717, 1.165) is 42.1 Å². The summed E-state index contributed by atoms with van der Waals surface area (Å²) in [5.41, 5.74) is 2.69. The first kappa shape index (κ1) is 22.2. The molecule has 168 valence electrons. The van der Waals surface area contributed by atoms with E-state index < -0.39 is 15.9 Å². The van der Waals surface area contributed by atoms with Crippen LogP contribution < -0.4 is 10.1 Å². The van der Waals surface area contributed by atoms with Crippen LogP contribution in [0.1, 0.15) is 41.6 Å². The number of carbonyl (C=O) groups is 1. The number of sulfonamides is 1. The summed E-state index contributed by atoms with van der Waals surface area (Å²) in [5, 5.41) is 3.73. The largest absolute Gasteiger partial charge is 0.495 e. The van der Waals surface area contributed by atoms with E-state index in [-0.39, 0.29) is 16.2 Å². The van der Waals surface area contributed by atoms with Gasteiger partial charge in [-0.2, -0.15) is 4.31 Å². The van der Waals surface area contributed by atoms with E-state index in [0.29, 0.717) is 18.8 Å². The molecular weight excluding hydrogens is 426 g/mol. The number of aromatic nitrogens is 1. The Hall–Kier alpha value is -2.97. The Labute approximate surface area is 188 Å². The summed E-state index contributed by atoms with van der Waals surface area (Å²) in [6, 6.07) is 12.0. The molecule has 0 spiro atoms. The van der Waals surface area contributed by atoms with Gasteiger partial charge in [0.1, 0.15) is 10.6 Å². The summed E-state index contributed by atoms with van der Waals surface area (Å²) in [4.78, 5) is 17.5. The van der Waals surface area contributed by atoms with Crippen molar-refractivity contribution in [3.05, 3.63) is 59.8 Å². The summed E-state index contributed by atoms with van der Waals surface area (Å²) in [6.07, 6.45) is 5.41. The Morgan fingerprint density at radius 3 is 2.53 bits per heavy atom. The van der Waals surface area contributed by atoms with Crippen LogP contribution in [-0.4, -0.2) is 43.8 Å². The summed E-state index contributed by atoms with van der Waals surface area (Å²) >= 11 is 0. The topological polar surface area (TPSA) is 88.6 Å². The highest BCUT2D eigenvalue weighted by molar-refractivity contribution is 7.89. The maximum Gasteiger partial charge on any atom is 0.255 e. The van der Waals surface area contributed by atoms with Crippen LogP contribution in [0.2, 0.25) is 0 Å². The highest BCUT2D eigenvalue weighted by Crippen LogP contribution is 2.30. The number of ether oxygens (including phenoxy) is 1. The van der Waals surface area contributed by atoms with Gasteiger partial charge in [-0.05, 0) is 61.7 Å². The van der Waals surface area contributed by atoms with Gasteiger partial charge < -0.3 is 10.1 Å². The Morgan fingerprint density at radius 1 is 1.06 bits per heavy atom. The molecule has 0 aliphatic carbocycles. The zero-order valence-electron chi connectivity index (χ0n) is 18.3. The molecule has 1 N–H and O–H groups in total. The molecule has 2 aromatic carbocycles. The number of anilines is 1. The molecule has 0 unspecified atom stereocenters. The van der Waals surface area contributed by atoms with Gasteiger partial charge in [-0.15, -0.1) is 0 Å². The fourth-order valence-electron chi connectivity index (χ4n) is 4.06. The molecule has 1 amide bonds. The third-order valence-corrected chi connectivity index (χ3v) is 7.75. The smallest absolute Gasteiger partial charge is 0.255 e. The Morgan fingerprint density at radius 2 is 1.81 bits per heavy atom. The highest BCUT2D eigenvalue weighted by atomic mass is 32.2. The number of carbonyl (C=O) groups excluding carboxylic acids is 1. The van der Waals surface area contributed by atoms with Crippen LogP contribution in [0.25, 0.3) is 10.9 Å². The second-order valence-electron chi connectivity index (χ2n) is 7.97. The van der Waals surface area contributed by atoms with E-state index in [1.807, 2.05) is 31.2 Å². The number of pyridine rings is 1. The van der Waals surface area contributed by atoms with Crippen LogP contribution in [0.4, 0.5) is 5.69 Å². The van der Waals surface area contributed by atoms with Crippen molar-refractivity contribution < 1.29 is 17.9 Å². The number of amides is 1. The molecule has 0 radical (unpaired) electrons. The minimum absolute atomic E-state index is 0.0185. The average Bonchev–Trinajstić information content (AvgIpc) is 3.11. The molecule has 0 atom stereocenters. The van der Waals surface area contributed by atoms with E-state index in [4.69, 9.17) is 4.74 Å². The van der Waals surface area contributed by atoms with E-state index >= 15 is 0 Å². The molecule has 1 saturated heterocycles. The summed E-state index contributed by atoms with van der Waals surface area (Å²) in [6.45, 7) is 2.92. The Balaban J connectivity index is 1.68. The molecule has 0 bridgehead atoms. The first-order chi connectivity index (χ1) is 15.4. The SMILES string of the molecule is COc1ccc(C(=O)Nc2ccc(C)c3ncccc23)cc1S(=O)(=O)N1CCCCCC1. The molecule has 0 saturated carbocycles. The minimum atomic E-state index is -3.78. The van der Waals surface area contributed by atoms with Crippen LogP contribution in [0, 0.1) is 6.92 Å². The number of methoxy groups -OCH3 is 1. The normalized spacial score (nSPS) is 15.3. The van der Waals surface area contributed by atoms with Gasteiger partial charge in [-0.25, -0.2) is 8.42 Å². The van der Waals surface area contributed by atoms with E-state index in [9.17, 15) is 13.2 Å². The summed E-state index contributed by atoms with van der Waals surface area (Å²) in [7, 11) is -2.35. The standard InChI is InChI=1S/C24H27N3O4S/c1-17-9-11-20(19-8-7-13-25-23(17)19)26-24(28)18-10-12-21(31-2)22(16-18)32(29,30)27-14-5-3-4-6-15-27/h7-13,16H,3-6,14-15H2,1-2H3,(H,26,28). The number of fused-ring (bicyclic) bond motifs is 1. The lowest BCUT2D eigenvalue weighted by Gasteiger charge is -2.21. The molecule has 1 aromatic heterocycles. The number of benzene rings is 2. The highest BCUT2D eigenvalue weighted by Gasteiger charge is 2.29. The zero-order valence-corrected chi connectivity index (χ0v) is 19.1. The fraction of sp³-hybridized carbons (Fsp3) is 0.333. The van der Waals surface area contributed by atoms with Crippen LogP contribution in [0.5, 0.6) is 5.75 Å². The van der Waals surface area contributed by atoms with Gasteiger partial charge in [0.05, 0.1) is 18.3 Å². The van der Waals surface area contributed by atoms with E-state index in [1.165, 1.54) is 23.5 Å². The lowest BCUT2D eigenvalue weighted by atomic mass is 10.1. The van der Waals surface area contributed by atoms with Gasteiger partial charge in [0, 0.05) is 30.2 Å². The third-order valence-electron chi connectivity index (χ3n) is 5.83. The Bertz CT molecular complexity index is 1250. The van der Waals surface area contributed by atoms with Crippen molar-refractivity contribution in [2.45, 2.75) is 37.5 Å². The molecule has 4 rings (SSSR count). The molecule has 3 aromatic rings. The van der Waals surface area contributed by atoms with Crippen molar-refractivity contribution in [1.29, 1.82) is 0 Å². The summed E-state index contributed by atoms with van der Waals surface area (Å²) in [5.74, 6) is -0.162. The number of nitrogens with one attached hydrogen (secondary N) is 1. The first-order valence-corrected chi connectivity index (χ1v) is 12.2. The second kappa shape index (κ2) is 9.26. The van der Waals surface area contributed by atoms with E-state index in [1.54, 1.807) is 12.3 Å². The van der Waals surface area contributed by atoms with Gasteiger partial charge >= 0.3 is 0 Å². The van der Waals surface area contributed by atoms with Gasteiger partial charge in [-0.3, -0.25) is 9.78 Å². The summed E-state index contributed by atoms with van der Waals surface area (Å²) < 4.78 is 33.6. The van der Waals surface area contributed by atoms with Crippen molar-refractivity contribution in [2.24, 2.45) is 0 Å². The number of hydrogen-bond acceptors (Lipinski definition) is 5. The van der Waals surface area contributed by atoms with Crippen molar-refractivity contribution in [2.75, 3.05) is 25.5 Å². The molecule has 8 heteroatoms. The minimum Gasteiger partial charge on any atom is -0.495 e. The lowest BCUT2D eigenvalue weighted by Crippen LogP contribution is -2.32. The molecule has 1 aliphatic rings. The number of hydrogen-bond donors (Lipinski definition) is 1. The van der Waals surface area contributed by atoms with Gasteiger partial charge in [0.2, 0.25) is 10.0 Å². The second-order valence-corrected chi connectivity index (χ2v) is 9.87. The zero-order chi connectivity index (χ0) is 22.7. The molecule has 1 fully saturated rings. The number of rotatable bonds is 5. The van der Waals surface area contributed by atoms with Crippen LogP contribution in [-0.2, 0) is 10.0 Å². The number of aryl methyl sites for hydroxylation is 1. The van der Waals surface area contributed by atoms with E-state index in [2.05, 4.69) is 10.3 Å². The predicted octanol–water partition coefficient (Wildman–Crippen LogP) is 4.37. The average molecular weight is 454 g/mol. The van der Waals surface area contributed by atoms with Crippen LogP contribution in [0.15, 0.2) is 53.6 Å². The maximum atomic E-state index is 13.4. The molecule has 1 aliphatic heterocycles. The quantitative estimate of drug-likeness (QED) is 0.620. The van der Waals surface area contributed by atoms with Crippen molar-refractivity contribution in [3.8, 4) is 5.75 Å².